The summed E-state index contributed by atoms with van der Waals surface area (Å²) in [5.41, 5.74) is 4.19. The first kappa shape index (κ1) is 57.0. The van der Waals surface area contributed by atoms with Crippen LogP contribution in [0.5, 0.6) is 0 Å². The number of hydrogen-bond acceptors (Lipinski definition) is 11. The van der Waals surface area contributed by atoms with Crippen LogP contribution in [0.2, 0.25) is 54.4 Å². The molecular formula is C46H85ClN4O6S2Si3. The summed E-state index contributed by atoms with van der Waals surface area (Å²) in [7, 11) is 2.62. The molecule has 10 nitrogen and oxygen atoms in total. The lowest BCUT2D eigenvalue weighted by atomic mass is 9.98. The molecule has 0 radical (unpaired) electrons. The molecule has 1 aromatic heterocycles. The van der Waals surface area contributed by atoms with Crippen molar-refractivity contribution in [2.24, 2.45) is 0 Å². The van der Waals surface area contributed by atoms with Crippen LogP contribution in [0.1, 0.15) is 87.3 Å². The number of nitrogens with one attached hydrogen (secondary N) is 1. The van der Waals surface area contributed by atoms with Crippen molar-refractivity contribution in [2.75, 3.05) is 73.6 Å². The van der Waals surface area contributed by atoms with Crippen molar-refractivity contribution >= 4 is 77.4 Å². The number of aromatic amines is 1. The highest BCUT2D eigenvalue weighted by Gasteiger charge is 2.40. The highest BCUT2D eigenvalue weighted by atomic mass is 35.5. The van der Waals surface area contributed by atoms with Crippen molar-refractivity contribution in [1.82, 2.24) is 19.7 Å². The zero-order valence-corrected chi connectivity index (χ0v) is 47.5. The molecule has 0 saturated carbocycles. The highest BCUT2D eigenvalue weighted by Crippen LogP contribution is 2.39. The van der Waals surface area contributed by atoms with Gasteiger partial charge in [0.05, 0.1) is 18.7 Å². The molecule has 4 heterocycles. The zero-order valence-electron chi connectivity index (χ0n) is 42.1. The molecule has 3 aliphatic rings. The molecule has 62 heavy (non-hydrogen) atoms. The predicted molar refractivity (Wildman–Crippen MR) is 274 cm³/mol. The SMILES string of the molecule is CN1CC=C(C(=O)CCl)C[C@@H]1CO[Si](C)(C)C(C)(C)C.CN1CC=C(c2csc(=S)[nH]2)C[C@@H]1CO[Si](C)(C)C(C)(C)C.COC(=O)C1=CCN(C)[C@@H](CO[Si](C)(C)C(C)(C)C)C1. The fourth-order valence-electron chi connectivity index (χ4n) is 6.08. The van der Waals surface area contributed by atoms with Crippen LogP contribution in [-0.2, 0) is 27.6 Å². The van der Waals surface area contributed by atoms with Crippen LogP contribution in [-0.4, -0.2) is 148 Å². The molecule has 1 aromatic rings. The molecule has 0 aliphatic carbocycles. The molecule has 1 N–H and O–H groups in total. The number of alkyl halides is 1. The van der Waals surface area contributed by atoms with Crippen LogP contribution >= 0.6 is 35.2 Å². The number of likely N-dealkylation sites (N-methyl/N-ethyl adjacent to an activating group) is 3. The number of methoxy groups -OCH3 is 1. The van der Waals surface area contributed by atoms with Crippen molar-refractivity contribution in [3.63, 3.8) is 0 Å². The van der Waals surface area contributed by atoms with Gasteiger partial charge in [0, 0.05) is 68.5 Å². The van der Waals surface area contributed by atoms with E-state index in [1.165, 1.54) is 18.4 Å². The summed E-state index contributed by atoms with van der Waals surface area (Å²) >= 11 is 12.5. The Morgan fingerprint density at radius 2 is 1.06 bits per heavy atom. The van der Waals surface area contributed by atoms with Crippen LogP contribution in [0.25, 0.3) is 5.57 Å². The number of hydrogen-bond donors (Lipinski definition) is 1. The van der Waals surface area contributed by atoms with Gasteiger partial charge in [0.2, 0.25) is 0 Å². The van der Waals surface area contributed by atoms with Crippen LogP contribution in [0, 0.1) is 3.95 Å². The second-order valence-corrected chi connectivity index (χ2v) is 38.1. The molecule has 0 fully saturated rings. The van der Waals surface area contributed by atoms with E-state index in [4.69, 9.17) is 41.8 Å². The van der Waals surface area contributed by atoms with Gasteiger partial charge in [0.25, 0.3) is 0 Å². The number of carbonyl (C=O) groups excluding carboxylic acids is 2. The number of rotatable bonds is 13. The lowest BCUT2D eigenvalue weighted by Gasteiger charge is -2.39. The molecule has 0 unspecified atom stereocenters. The number of nitrogens with zero attached hydrogens (tertiary/aromatic N) is 3. The van der Waals surface area contributed by atoms with Crippen LogP contribution in [0.3, 0.4) is 0 Å². The Morgan fingerprint density at radius 1 is 0.694 bits per heavy atom. The third-order valence-electron chi connectivity index (χ3n) is 14.2. The minimum atomic E-state index is -1.74. The van der Waals surface area contributed by atoms with E-state index in [9.17, 15) is 9.59 Å². The van der Waals surface area contributed by atoms with Gasteiger partial charge in [-0.1, -0.05) is 80.5 Å². The van der Waals surface area contributed by atoms with Gasteiger partial charge in [0.15, 0.2) is 34.7 Å². The zero-order chi connectivity index (χ0) is 47.6. The average Bonchev–Trinajstić information content (AvgIpc) is 3.61. The van der Waals surface area contributed by atoms with E-state index >= 15 is 0 Å². The van der Waals surface area contributed by atoms with Gasteiger partial charge in [0.1, 0.15) is 0 Å². The van der Waals surface area contributed by atoms with Gasteiger partial charge < -0.3 is 23.0 Å². The van der Waals surface area contributed by atoms with Crippen molar-refractivity contribution in [2.45, 2.75) is 154 Å². The molecular weight excluding hydrogens is 888 g/mol. The second-order valence-electron chi connectivity index (χ2n) is 21.9. The van der Waals surface area contributed by atoms with E-state index in [0.29, 0.717) is 25.7 Å². The molecule has 3 atom stereocenters. The lowest BCUT2D eigenvalue weighted by molar-refractivity contribution is -0.136. The summed E-state index contributed by atoms with van der Waals surface area (Å²) in [4.78, 5) is 33.5. The summed E-state index contributed by atoms with van der Waals surface area (Å²) < 4.78 is 24.7. The van der Waals surface area contributed by atoms with Crippen molar-refractivity contribution < 1.29 is 27.6 Å². The fraction of sp³-hybridized carbons (Fsp3) is 0.761. The van der Waals surface area contributed by atoms with Crippen molar-refractivity contribution in [3.8, 4) is 0 Å². The number of Topliss-reactive ketones (excluding diaryl/α,β-unsaturated/α-hetero) is 1. The number of ketones is 1. The monoisotopic (exact) mass is 972 g/mol. The van der Waals surface area contributed by atoms with E-state index in [1.807, 2.05) is 12.2 Å². The summed E-state index contributed by atoms with van der Waals surface area (Å²) in [5.74, 6) is -0.0849. The Labute approximate surface area is 394 Å². The Hall–Kier alpha value is -1.09. The minimum absolute atomic E-state index is 0.0529. The van der Waals surface area contributed by atoms with Gasteiger partial charge in [-0.3, -0.25) is 19.5 Å². The smallest absolute Gasteiger partial charge is 0.333 e. The highest BCUT2D eigenvalue weighted by molar-refractivity contribution is 7.73. The number of H-pyrrole nitrogens is 1. The third-order valence-corrected chi connectivity index (χ3v) is 29.0. The number of carbonyl (C=O) groups is 2. The van der Waals surface area contributed by atoms with Gasteiger partial charge in [-0.25, -0.2) is 4.79 Å². The normalized spacial score (nSPS) is 21.4. The number of aromatic nitrogens is 1. The van der Waals surface area contributed by atoms with Gasteiger partial charge in [-0.15, -0.1) is 22.9 Å². The Bertz CT molecular complexity index is 1700. The fourth-order valence-corrected chi connectivity index (χ4v) is 10.2. The maximum Gasteiger partial charge on any atom is 0.333 e. The molecule has 0 bridgehead atoms. The third kappa shape index (κ3) is 17.0. The van der Waals surface area contributed by atoms with E-state index in [-0.39, 0.29) is 44.8 Å². The largest absolute Gasteiger partial charge is 0.466 e. The molecule has 16 heteroatoms. The topological polar surface area (TPSA) is 96.6 Å². The van der Waals surface area contributed by atoms with E-state index < -0.39 is 25.0 Å². The van der Waals surface area contributed by atoms with Gasteiger partial charge in [-0.05, 0) is 118 Å². The van der Waals surface area contributed by atoms with Crippen molar-refractivity contribution in [1.29, 1.82) is 0 Å². The van der Waals surface area contributed by atoms with Crippen LogP contribution < -0.4 is 0 Å². The summed E-state index contributed by atoms with van der Waals surface area (Å²) in [6.45, 7) is 38.7. The molecule has 0 amide bonds. The van der Waals surface area contributed by atoms with Crippen molar-refractivity contribution in [3.05, 3.63) is 44.4 Å². The van der Waals surface area contributed by atoms with Gasteiger partial charge in [-0.2, -0.15) is 0 Å². The molecule has 356 valence electrons. The predicted octanol–water partition coefficient (Wildman–Crippen LogP) is 11.2. The Kier molecular flexibility index (Phi) is 21.7. The summed E-state index contributed by atoms with van der Waals surface area (Å²) in [5, 5.41) is 2.81. The van der Waals surface area contributed by atoms with E-state index in [2.05, 4.69) is 154 Å². The summed E-state index contributed by atoms with van der Waals surface area (Å²) in [6, 6.07) is 0.968. The standard InChI is InChI=1S/C16H28N2OS2Si.C15H28ClNO2Si.C15H29NO3Si/c1-16(2,3)22(5,6)19-10-13-9-12(7-8-18(13)4)14-11-21-15(20)17-14;1-15(2,3)20(5,6)19-11-13-9-12(14(18)10-16)7-8-17(13)4;1-15(2,3)20(6,7)19-11-13-10-12(14(17)18-5)8-9-16(13)4/h7,11,13H,8-10H2,1-6H3,(H,17,20);7,13H,8-11H2,1-6H3;8,13H,9-11H2,1-7H3/t3*13-/m111/s1. The van der Waals surface area contributed by atoms with Crippen LogP contribution in [0.4, 0.5) is 0 Å². The molecule has 4 rings (SSSR count). The van der Waals surface area contributed by atoms with E-state index in [0.717, 1.165) is 54.2 Å². The molecule has 0 saturated heterocycles. The first-order valence-electron chi connectivity index (χ1n) is 22.2. The molecule has 3 aliphatic heterocycles. The summed E-state index contributed by atoms with van der Waals surface area (Å²) in [6.07, 6.45) is 8.72. The van der Waals surface area contributed by atoms with Crippen LogP contribution in [0.15, 0.2) is 34.8 Å². The Morgan fingerprint density at radius 3 is 1.42 bits per heavy atom. The lowest BCUT2D eigenvalue weighted by Crippen LogP contribution is -2.47. The maximum atomic E-state index is 11.7. The molecule has 0 aromatic carbocycles. The number of halogens is 1. The van der Waals surface area contributed by atoms with Gasteiger partial charge >= 0.3 is 5.97 Å². The number of thiazole rings is 1. The quantitative estimate of drug-likeness (QED) is 0.0891. The number of ether oxygens (including phenoxy) is 1. The molecule has 0 spiro atoms. The first-order valence-corrected chi connectivity index (χ1v) is 32.8. The first-order chi connectivity index (χ1) is 28.3. The average molecular weight is 974 g/mol. The Balaban J connectivity index is 0.000000321. The second kappa shape index (κ2) is 23.6. The maximum absolute atomic E-state index is 11.7. The van der Waals surface area contributed by atoms with E-state index in [1.54, 1.807) is 11.3 Å². The minimum Gasteiger partial charge on any atom is -0.466 e. The number of esters is 1.